The third kappa shape index (κ3) is 3.42. The third-order valence-corrected chi connectivity index (χ3v) is 7.00. The van der Waals surface area contributed by atoms with Crippen LogP contribution in [0.2, 0.25) is 5.02 Å². The predicted molar refractivity (Wildman–Crippen MR) is 126 cm³/mol. The van der Waals surface area contributed by atoms with E-state index in [2.05, 4.69) is 54.0 Å². The molecule has 3 N–H and O–H groups in total. The maximum Gasteiger partial charge on any atom is 0.321 e. The molecule has 1 fully saturated rings. The SMILES string of the molecule is CC(C)(C)C[C@H]1N[C@@H](C(=O)O)[C@H](c2cccc(I)c2)[C@@]12C(=O)Nc1cc(Cl)ccc12. The van der Waals surface area contributed by atoms with Crippen molar-refractivity contribution < 1.29 is 14.7 Å². The second kappa shape index (κ2) is 7.50. The fraction of sp³-hybridized carbons (Fsp3) is 0.391. The summed E-state index contributed by atoms with van der Waals surface area (Å²) in [6, 6.07) is 11.9. The van der Waals surface area contributed by atoms with Crippen molar-refractivity contribution in [2.75, 3.05) is 5.32 Å². The summed E-state index contributed by atoms with van der Waals surface area (Å²) in [4.78, 5) is 26.1. The average molecular weight is 539 g/mol. The van der Waals surface area contributed by atoms with E-state index in [4.69, 9.17) is 11.6 Å². The maximum absolute atomic E-state index is 13.7. The molecule has 0 bridgehead atoms. The number of anilines is 1. The molecular weight excluding hydrogens is 515 g/mol. The van der Waals surface area contributed by atoms with Gasteiger partial charge in [0.15, 0.2) is 0 Å². The minimum Gasteiger partial charge on any atom is -0.480 e. The lowest BCUT2D eigenvalue weighted by atomic mass is 9.62. The monoisotopic (exact) mass is 538 g/mol. The van der Waals surface area contributed by atoms with E-state index >= 15 is 0 Å². The average Bonchev–Trinajstić information content (AvgIpc) is 3.10. The third-order valence-electron chi connectivity index (χ3n) is 6.10. The molecule has 1 amide bonds. The molecule has 1 saturated heterocycles. The molecule has 0 aromatic heterocycles. The molecule has 2 aromatic rings. The van der Waals surface area contributed by atoms with Crippen LogP contribution in [-0.2, 0) is 15.0 Å². The van der Waals surface area contributed by atoms with Crippen LogP contribution in [0.1, 0.15) is 44.2 Å². The Hall–Kier alpha value is -1.64. The van der Waals surface area contributed by atoms with Gasteiger partial charge in [0.2, 0.25) is 5.91 Å². The molecule has 2 heterocycles. The number of hydrogen-bond donors (Lipinski definition) is 3. The van der Waals surface area contributed by atoms with Gasteiger partial charge >= 0.3 is 5.97 Å². The van der Waals surface area contributed by atoms with Crippen LogP contribution in [0.25, 0.3) is 0 Å². The van der Waals surface area contributed by atoms with Gasteiger partial charge in [-0.1, -0.05) is 50.6 Å². The van der Waals surface area contributed by atoms with Gasteiger partial charge in [-0.15, -0.1) is 0 Å². The molecule has 0 radical (unpaired) electrons. The molecule has 2 aliphatic rings. The van der Waals surface area contributed by atoms with E-state index in [-0.39, 0.29) is 17.4 Å². The highest BCUT2D eigenvalue weighted by Gasteiger charge is 2.65. The minimum absolute atomic E-state index is 0.108. The van der Waals surface area contributed by atoms with Gasteiger partial charge in [0.25, 0.3) is 0 Å². The summed E-state index contributed by atoms with van der Waals surface area (Å²) in [7, 11) is 0. The smallest absolute Gasteiger partial charge is 0.321 e. The number of nitrogens with one attached hydrogen (secondary N) is 2. The van der Waals surface area contributed by atoms with Gasteiger partial charge < -0.3 is 10.4 Å². The van der Waals surface area contributed by atoms with Gasteiger partial charge in [0.05, 0.1) is 0 Å². The number of halogens is 2. The van der Waals surface area contributed by atoms with E-state index in [1.165, 1.54) is 0 Å². The lowest BCUT2D eigenvalue weighted by molar-refractivity contribution is -0.139. The van der Waals surface area contributed by atoms with Crippen molar-refractivity contribution in [3.8, 4) is 0 Å². The Morgan fingerprint density at radius 1 is 1.23 bits per heavy atom. The van der Waals surface area contributed by atoms with Gasteiger partial charge in [-0.3, -0.25) is 14.9 Å². The van der Waals surface area contributed by atoms with Gasteiger partial charge in [-0.25, -0.2) is 0 Å². The highest BCUT2D eigenvalue weighted by Crippen LogP contribution is 2.56. The summed E-state index contributed by atoms with van der Waals surface area (Å²) < 4.78 is 0.999. The molecule has 0 aliphatic carbocycles. The number of carbonyl (C=O) groups is 2. The number of benzene rings is 2. The molecule has 0 saturated carbocycles. The minimum atomic E-state index is -1.04. The van der Waals surface area contributed by atoms with E-state index in [9.17, 15) is 14.7 Å². The Balaban J connectivity index is 2.00. The summed E-state index contributed by atoms with van der Waals surface area (Å²) in [5.74, 6) is -1.68. The Morgan fingerprint density at radius 2 is 1.97 bits per heavy atom. The van der Waals surface area contributed by atoms with Crippen LogP contribution in [0.15, 0.2) is 42.5 Å². The van der Waals surface area contributed by atoms with Crippen LogP contribution < -0.4 is 10.6 Å². The van der Waals surface area contributed by atoms with Gasteiger partial charge in [0.1, 0.15) is 11.5 Å². The van der Waals surface area contributed by atoms with Gasteiger partial charge in [-0.05, 0) is 69.8 Å². The lowest BCUT2D eigenvalue weighted by Crippen LogP contribution is -2.49. The van der Waals surface area contributed by atoms with Crippen molar-refractivity contribution in [1.82, 2.24) is 5.32 Å². The van der Waals surface area contributed by atoms with E-state index in [1.54, 1.807) is 12.1 Å². The van der Waals surface area contributed by atoms with E-state index in [0.717, 1.165) is 14.7 Å². The Labute approximate surface area is 194 Å². The predicted octanol–water partition coefficient (Wildman–Crippen LogP) is 4.78. The summed E-state index contributed by atoms with van der Waals surface area (Å²) in [5.41, 5.74) is 1.17. The molecule has 0 unspecified atom stereocenters. The standard InChI is InChI=1S/C23H24ClIN2O3/c1-22(2,3)11-17-23(15-8-7-13(24)10-16(15)26-21(23)30)18(19(27-17)20(28)29)12-5-4-6-14(25)9-12/h4-10,17-19,27H,11H2,1-3H3,(H,26,30)(H,28,29)/t17-,18+,19-,23+/m1/s1. The Morgan fingerprint density at radius 3 is 2.60 bits per heavy atom. The van der Waals surface area contributed by atoms with Crippen LogP contribution in [0.3, 0.4) is 0 Å². The van der Waals surface area contributed by atoms with Crippen molar-refractivity contribution >= 4 is 51.8 Å². The van der Waals surface area contributed by atoms with Gasteiger partial charge in [-0.2, -0.15) is 0 Å². The second-order valence-electron chi connectivity index (χ2n) is 9.35. The van der Waals surface area contributed by atoms with Crippen molar-refractivity contribution in [3.63, 3.8) is 0 Å². The Bertz CT molecular complexity index is 1040. The highest BCUT2D eigenvalue weighted by molar-refractivity contribution is 14.1. The van der Waals surface area contributed by atoms with Crippen molar-refractivity contribution in [2.24, 2.45) is 5.41 Å². The number of fused-ring (bicyclic) bond motifs is 2. The molecule has 4 atom stereocenters. The zero-order valence-corrected chi connectivity index (χ0v) is 19.9. The van der Waals surface area contributed by atoms with Crippen LogP contribution >= 0.6 is 34.2 Å². The molecule has 1 spiro atoms. The molecule has 4 rings (SSSR count). The number of aliphatic carboxylic acids is 1. The normalized spacial score (nSPS) is 27.9. The highest BCUT2D eigenvalue weighted by atomic mass is 127. The van der Waals surface area contributed by atoms with Crippen LogP contribution in [0, 0.1) is 8.99 Å². The molecule has 5 nitrogen and oxygen atoms in total. The first kappa shape index (κ1) is 21.6. The fourth-order valence-corrected chi connectivity index (χ4v) is 5.85. The summed E-state index contributed by atoms with van der Waals surface area (Å²) in [6.07, 6.45) is 0.646. The number of carboxylic acid groups (broad SMARTS) is 1. The van der Waals surface area contributed by atoms with Crippen molar-refractivity contribution in [2.45, 2.75) is 50.6 Å². The number of carboxylic acids is 1. The Kier molecular flexibility index (Phi) is 5.39. The summed E-state index contributed by atoms with van der Waals surface area (Å²) in [6.45, 7) is 6.31. The number of amides is 1. The summed E-state index contributed by atoms with van der Waals surface area (Å²) >= 11 is 8.42. The molecule has 30 heavy (non-hydrogen) atoms. The molecule has 7 heteroatoms. The first-order valence-electron chi connectivity index (χ1n) is 9.90. The molecule has 2 aromatic carbocycles. The zero-order valence-electron chi connectivity index (χ0n) is 17.0. The van der Waals surface area contributed by atoms with E-state index in [1.807, 2.05) is 30.3 Å². The molecule has 158 valence electrons. The van der Waals surface area contributed by atoms with Crippen molar-refractivity contribution in [3.05, 3.63) is 62.2 Å². The second-order valence-corrected chi connectivity index (χ2v) is 11.0. The quantitative estimate of drug-likeness (QED) is 0.492. The maximum atomic E-state index is 13.7. The van der Waals surface area contributed by atoms with Crippen LogP contribution in [-0.4, -0.2) is 29.1 Å². The first-order chi connectivity index (χ1) is 14.0. The zero-order chi connectivity index (χ0) is 21.8. The summed E-state index contributed by atoms with van der Waals surface area (Å²) in [5, 5.41) is 17.0. The van der Waals surface area contributed by atoms with Crippen LogP contribution in [0.5, 0.6) is 0 Å². The largest absolute Gasteiger partial charge is 0.480 e. The van der Waals surface area contributed by atoms with Crippen molar-refractivity contribution in [1.29, 1.82) is 0 Å². The van der Waals surface area contributed by atoms with Crippen LogP contribution in [0.4, 0.5) is 5.69 Å². The number of hydrogen-bond acceptors (Lipinski definition) is 3. The number of carbonyl (C=O) groups excluding carboxylic acids is 1. The van der Waals surface area contributed by atoms with E-state index in [0.29, 0.717) is 17.1 Å². The fourth-order valence-electron chi connectivity index (χ4n) is 5.11. The first-order valence-corrected chi connectivity index (χ1v) is 11.4. The molecule has 2 aliphatic heterocycles. The lowest BCUT2D eigenvalue weighted by Gasteiger charge is -2.37. The molecular formula is C23H24ClIN2O3. The topological polar surface area (TPSA) is 78.4 Å². The number of rotatable bonds is 3. The van der Waals surface area contributed by atoms with Gasteiger partial charge in [0, 0.05) is 26.2 Å². The van der Waals surface area contributed by atoms with E-state index < -0.39 is 23.3 Å².